The molecule has 0 aliphatic carbocycles. The maximum Gasteiger partial charge on any atom is 0.308 e. The summed E-state index contributed by atoms with van der Waals surface area (Å²) in [6, 6.07) is 4.01. The summed E-state index contributed by atoms with van der Waals surface area (Å²) in [5.41, 5.74) is 0. The molecular weight excluding hydrogens is 206 g/mol. The number of hydrogen-bond donors (Lipinski definition) is 1. The van der Waals surface area contributed by atoms with Crippen LogP contribution < -0.4 is 0 Å². The second-order valence-electron chi connectivity index (χ2n) is 4.40. The minimum Gasteiger partial charge on any atom is -0.481 e. The molecule has 0 radical (unpaired) electrons. The van der Waals surface area contributed by atoms with E-state index in [2.05, 4.69) is 11.8 Å². The lowest BCUT2D eigenvalue weighted by Crippen LogP contribution is -2.34. The summed E-state index contributed by atoms with van der Waals surface area (Å²) in [5.74, 6) is -0.0445. The minimum absolute atomic E-state index is 0.0672. The monoisotopic (exact) mass is 223 g/mol. The fourth-order valence-corrected chi connectivity index (χ4v) is 2.53. The molecule has 1 aliphatic rings. The Morgan fingerprint density at radius 1 is 1.69 bits per heavy atom. The van der Waals surface area contributed by atoms with Crippen LogP contribution in [0, 0.1) is 5.92 Å². The normalized spacial score (nSPS) is 28.1. The molecule has 3 unspecified atom stereocenters. The lowest BCUT2D eigenvalue weighted by molar-refractivity contribution is -0.142. The van der Waals surface area contributed by atoms with E-state index in [9.17, 15) is 4.79 Å². The first-order valence-corrected chi connectivity index (χ1v) is 5.63. The molecule has 1 aromatic rings. The molecule has 0 bridgehead atoms. The molecule has 4 heteroatoms. The van der Waals surface area contributed by atoms with Crippen molar-refractivity contribution < 1.29 is 14.3 Å². The average Bonchev–Trinajstić information content (AvgIpc) is 2.84. The number of carboxylic acids is 1. The van der Waals surface area contributed by atoms with E-state index in [4.69, 9.17) is 9.52 Å². The van der Waals surface area contributed by atoms with Crippen LogP contribution in [0.3, 0.4) is 0 Å². The highest BCUT2D eigenvalue weighted by Crippen LogP contribution is 2.32. The Morgan fingerprint density at radius 2 is 2.44 bits per heavy atom. The van der Waals surface area contributed by atoms with Gasteiger partial charge in [0.05, 0.1) is 18.2 Å². The number of furan rings is 1. The van der Waals surface area contributed by atoms with Crippen LogP contribution in [0.1, 0.15) is 32.1 Å². The predicted octanol–water partition coefficient (Wildman–Crippen LogP) is 2.14. The van der Waals surface area contributed by atoms with Gasteiger partial charge >= 0.3 is 5.97 Å². The molecule has 1 aliphatic heterocycles. The third-order valence-electron chi connectivity index (χ3n) is 3.57. The number of nitrogens with zero attached hydrogens (tertiary/aromatic N) is 1. The van der Waals surface area contributed by atoms with E-state index < -0.39 is 5.97 Å². The molecule has 1 aromatic heterocycles. The van der Waals surface area contributed by atoms with Gasteiger partial charge in [-0.1, -0.05) is 0 Å². The van der Waals surface area contributed by atoms with Gasteiger partial charge in [0.1, 0.15) is 5.76 Å². The summed E-state index contributed by atoms with van der Waals surface area (Å²) in [6.45, 7) is 4.85. The van der Waals surface area contributed by atoms with Gasteiger partial charge in [-0.25, -0.2) is 0 Å². The summed E-state index contributed by atoms with van der Waals surface area (Å²) in [5, 5.41) is 9.06. The number of likely N-dealkylation sites (tertiary alicyclic amines) is 1. The standard InChI is InChI=1S/C12H17NO3/c1-8-10(12(14)15)5-6-13(8)9(2)11-4-3-7-16-11/h3-4,7-10H,5-6H2,1-2H3,(H,14,15). The highest BCUT2D eigenvalue weighted by molar-refractivity contribution is 5.71. The van der Waals surface area contributed by atoms with Crippen molar-refractivity contribution in [1.82, 2.24) is 4.90 Å². The van der Waals surface area contributed by atoms with Gasteiger partial charge in [0, 0.05) is 12.6 Å². The fraction of sp³-hybridized carbons (Fsp3) is 0.583. The first kappa shape index (κ1) is 11.2. The fourth-order valence-electron chi connectivity index (χ4n) is 2.53. The van der Waals surface area contributed by atoms with E-state index in [-0.39, 0.29) is 18.0 Å². The highest BCUT2D eigenvalue weighted by atomic mass is 16.4. The van der Waals surface area contributed by atoms with Crippen molar-refractivity contribution in [3.8, 4) is 0 Å². The zero-order valence-corrected chi connectivity index (χ0v) is 9.59. The van der Waals surface area contributed by atoms with Gasteiger partial charge < -0.3 is 9.52 Å². The predicted molar refractivity (Wildman–Crippen MR) is 59.0 cm³/mol. The summed E-state index contributed by atoms with van der Waals surface area (Å²) >= 11 is 0. The minimum atomic E-state index is -0.693. The first-order chi connectivity index (χ1) is 7.61. The second-order valence-corrected chi connectivity index (χ2v) is 4.40. The van der Waals surface area contributed by atoms with Crippen molar-refractivity contribution in [3.05, 3.63) is 24.2 Å². The third-order valence-corrected chi connectivity index (χ3v) is 3.57. The molecule has 1 saturated heterocycles. The summed E-state index contributed by atoms with van der Waals surface area (Å²) in [4.78, 5) is 13.2. The quantitative estimate of drug-likeness (QED) is 0.853. The van der Waals surface area contributed by atoms with Gasteiger partial charge in [0.15, 0.2) is 0 Å². The zero-order valence-electron chi connectivity index (χ0n) is 9.59. The van der Waals surface area contributed by atoms with E-state index >= 15 is 0 Å². The van der Waals surface area contributed by atoms with Gasteiger partial charge in [0.2, 0.25) is 0 Å². The molecule has 2 rings (SSSR count). The maximum atomic E-state index is 11.0. The Hall–Kier alpha value is -1.29. The summed E-state index contributed by atoms with van der Waals surface area (Å²) in [6.07, 6.45) is 2.38. The Bertz CT molecular complexity index is 360. The van der Waals surface area contributed by atoms with Crippen molar-refractivity contribution in [2.24, 2.45) is 5.92 Å². The smallest absolute Gasteiger partial charge is 0.308 e. The molecular formula is C12H17NO3. The Kier molecular flexibility index (Phi) is 3.01. The van der Waals surface area contributed by atoms with E-state index in [1.54, 1.807) is 6.26 Å². The number of aliphatic carboxylic acids is 1. The molecule has 0 amide bonds. The second kappa shape index (κ2) is 4.29. The molecule has 88 valence electrons. The van der Waals surface area contributed by atoms with Gasteiger partial charge in [-0.15, -0.1) is 0 Å². The number of carboxylic acid groups (broad SMARTS) is 1. The van der Waals surface area contributed by atoms with Crippen molar-refractivity contribution in [3.63, 3.8) is 0 Å². The van der Waals surface area contributed by atoms with Crippen LogP contribution >= 0.6 is 0 Å². The average molecular weight is 223 g/mol. The summed E-state index contributed by atoms with van der Waals surface area (Å²) < 4.78 is 5.36. The van der Waals surface area contributed by atoms with Gasteiger partial charge in [-0.3, -0.25) is 9.69 Å². The first-order valence-electron chi connectivity index (χ1n) is 5.63. The van der Waals surface area contributed by atoms with Gasteiger partial charge in [0.25, 0.3) is 0 Å². The molecule has 1 N–H and O–H groups in total. The lowest BCUT2D eigenvalue weighted by Gasteiger charge is -2.28. The Balaban J connectivity index is 2.09. The van der Waals surface area contributed by atoms with Crippen LogP contribution in [0.2, 0.25) is 0 Å². The van der Waals surface area contributed by atoms with Gasteiger partial charge in [-0.05, 0) is 32.4 Å². The third kappa shape index (κ3) is 1.85. The summed E-state index contributed by atoms with van der Waals surface area (Å²) in [7, 11) is 0. The Morgan fingerprint density at radius 3 is 2.94 bits per heavy atom. The van der Waals surface area contributed by atoms with Crippen LogP contribution in [-0.4, -0.2) is 28.6 Å². The molecule has 4 nitrogen and oxygen atoms in total. The van der Waals surface area contributed by atoms with Crippen LogP contribution in [0.15, 0.2) is 22.8 Å². The van der Waals surface area contributed by atoms with Crippen molar-refractivity contribution in [2.45, 2.75) is 32.4 Å². The van der Waals surface area contributed by atoms with Crippen LogP contribution in [0.5, 0.6) is 0 Å². The molecule has 1 fully saturated rings. The lowest BCUT2D eigenvalue weighted by atomic mass is 10.0. The van der Waals surface area contributed by atoms with Crippen LogP contribution in [0.25, 0.3) is 0 Å². The number of rotatable bonds is 3. The number of carbonyl (C=O) groups is 1. The molecule has 0 aromatic carbocycles. The SMILES string of the molecule is CC(c1ccco1)N1CCC(C(=O)O)C1C. The van der Waals surface area contributed by atoms with E-state index in [1.807, 2.05) is 19.1 Å². The Labute approximate surface area is 94.9 Å². The maximum absolute atomic E-state index is 11.0. The largest absolute Gasteiger partial charge is 0.481 e. The molecule has 0 spiro atoms. The highest BCUT2D eigenvalue weighted by Gasteiger charge is 2.38. The van der Waals surface area contributed by atoms with Crippen LogP contribution in [-0.2, 0) is 4.79 Å². The van der Waals surface area contributed by atoms with Crippen LogP contribution in [0.4, 0.5) is 0 Å². The van der Waals surface area contributed by atoms with E-state index in [0.717, 1.165) is 18.7 Å². The molecule has 16 heavy (non-hydrogen) atoms. The molecule has 0 saturated carbocycles. The van der Waals surface area contributed by atoms with Crippen molar-refractivity contribution in [2.75, 3.05) is 6.54 Å². The molecule has 3 atom stereocenters. The van der Waals surface area contributed by atoms with Crippen molar-refractivity contribution >= 4 is 5.97 Å². The zero-order chi connectivity index (χ0) is 11.7. The number of hydrogen-bond acceptors (Lipinski definition) is 3. The van der Waals surface area contributed by atoms with Gasteiger partial charge in [-0.2, -0.15) is 0 Å². The topological polar surface area (TPSA) is 53.7 Å². The van der Waals surface area contributed by atoms with E-state index in [1.165, 1.54) is 0 Å². The van der Waals surface area contributed by atoms with E-state index in [0.29, 0.717) is 0 Å². The molecule has 2 heterocycles. The van der Waals surface area contributed by atoms with Crippen molar-refractivity contribution in [1.29, 1.82) is 0 Å².